The standard InChI is InChI=1S/C19H20FN3O2/c1-12(13-5-7-15(20)8-6-13)21-19(25)23-17-4-2-3-14(11-17)18(24)22-16-9-10-16/h2-8,11-12,16H,9-10H2,1H3,(H,22,24)(H2,21,23,25)/t12-/m0/s1. The number of hydrogen-bond acceptors (Lipinski definition) is 2. The smallest absolute Gasteiger partial charge is 0.319 e. The average molecular weight is 341 g/mol. The van der Waals surface area contributed by atoms with Gasteiger partial charge in [-0.25, -0.2) is 9.18 Å². The fourth-order valence-electron chi connectivity index (χ4n) is 2.43. The topological polar surface area (TPSA) is 70.2 Å². The van der Waals surface area contributed by atoms with Gasteiger partial charge in [0.2, 0.25) is 0 Å². The van der Waals surface area contributed by atoms with E-state index in [0.717, 1.165) is 18.4 Å². The Morgan fingerprint density at radius 2 is 1.84 bits per heavy atom. The van der Waals surface area contributed by atoms with E-state index in [1.807, 2.05) is 6.92 Å². The second kappa shape index (κ2) is 7.34. The Hall–Kier alpha value is -2.89. The molecule has 0 saturated heterocycles. The lowest BCUT2D eigenvalue weighted by Crippen LogP contribution is -2.31. The van der Waals surface area contributed by atoms with Crippen LogP contribution in [0.1, 0.15) is 41.7 Å². The van der Waals surface area contributed by atoms with Gasteiger partial charge in [0.05, 0.1) is 6.04 Å². The number of urea groups is 1. The monoisotopic (exact) mass is 341 g/mol. The molecule has 0 bridgehead atoms. The number of rotatable bonds is 5. The van der Waals surface area contributed by atoms with Gasteiger partial charge in [-0.3, -0.25) is 4.79 Å². The van der Waals surface area contributed by atoms with Crippen molar-refractivity contribution in [3.8, 4) is 0 Å². The highest BCUT2D eigenvalue weighted by molar-refractivity contribution is 5.97. The summed E-state index contributed by atoms with van der Waals surface area (Å²) in [5.74, 6) is -0.451. The molecule has 0 radical (unpaired) electrons. The lowest BCUT2D eigenvalue weighted by atomic mass is 10.1. The van der Waals surface area contributed by atoms with Crippen LogP contribution in [0.4, 0.5) is 14.9 Å². The molecule has 2 aromatic rings. The van der Waals surface area contributed by atoms with Crippen molar-refractivity contribution in [2.24, 2.45) is 0 Å². The lowest BCUT2D eigenvalue weighted by molar-refractivity contribution is 0.0951. The summed E-state index contributed by atoms with van der Waals surface area (Å²) in [5, 5.41) is 8.41. The van der Waals surface area contributed by atoms with E-state index in [1.54, 1.807) is 36.4 Å². The molecular formula is C19H20FN3O2. The van der Waals surface area contributed by atoms with Gasteiger partial charge >= 0.3 is 6.03 Å². The first-order valence-electron chi connectivity index (χ1n) is 8.25. The zero-order valence-corrected chi connectivity index (χ0v) is 13.9. The Morgan fingerprint density at radius 1 is 1.12 bits per heavy atom. The maximum absolute atomic E-state index is 13.0. The molecule has 0 unspecified atom stereocenters. The molecule has 0 aliphatic heterocycles. The Kier molecular flexibility index (Phi) is 4.97. The number of benzene rings is 2. The first kappa shape index (κ1) is 17.0. The molecule has 6 heteroatoms. The number of carbonyl (C=O) groups is 2. The molecule has 0 aromatic heterocycles. The predicted molar refractivity (Wildman–Crippen MR) is 93.9 cm³/mol. The Morgan fingerprint density at radius 3 is 2.52 bits per heavy atom. The van der Waals surface area contributed by atoms with E-state index in [4.69, 9.17) is 0 Å². The highest BCUT2D eigenvalue weighted by Gasteiger charge is 2.23. The number of halogens is 1. The van der Waals surface area contributed by atoms with Crippen molar-refractivity contribution in [2.45, 2.75) is 31.8 Å². The van der Waals surface area contributed by atoms with Gasteiger partial charge in [-0.15, -0.1) is 0 Å². The summed E-state index contributed by atoms with van der Waals surface area (Å²) in [6.07, 6.45) is 2.04. The first-order valence-corrected chi connectivity index (χ1v) is 8.25. The van der Waals surface area contributed by atoms with Crippen LogP contribution in [0.15, 0.2) is 48.5 Å². The molecule has 1 saturated carbocycles. The third-order valence-electron chi connectivity index (χ3n) is 4.01. The number of amides is 3. The highest BCUT2D eigenvalue weighted by atomic mass is 19.1. The maximum Gasteiger partial charge on any atom is 0.319 e. The molecule has 3 rings (SSSR count). The number of nitrogens with one attached hydrogen (secondary N) is 3. The molecule has 1 atom stereocenters. The van der Waals surface area contributed by atoms with Crippen molar-refractivity contribution in [3.05, 3.63) is 65.5 Å². The molecule has 0 spiro atoms. The van der Waals surface area contributed by atoms with Crippen LogP contribution in [0.2, 0.25) is 0 Å². The molecule has 2 aromatic carbocycles. The van der Waals surface area contributed by atoms with Crippen LogP contribution in [0.5, 0.6) is 0 Å². The fraction of sp³-hybridized carbons (Fsp3) is 0.263. The normalized spacial score (nSPS) is 14.5. The molecule has 5 nitrogen and oxygen atoms in total. The van der Waals surface area contributed by atoms with E-state index in [0.29, 0.717) is 11.3 Å². The van der Waals surface area contributed by atoms with E-state index in [1.165, 1.54) is 12.1 Å². The third kappa shape index (κ3) is 4.79. The molecule has 3 amide bonds. The van der Waals surface area contributed by atoms with E-state index >= 15 is 0 Å². The number of hydrogen-bond donors (Lipinski definition) is 3. The fourth-order valence-corrected chi connectivity index (χ4v) is 2.43. The molecule has 25 heavy (non-hydrogen) atoms. The van der Waals surface area contributed by atoms with Gasteiger partial charge in [0.25, 0.3) is 5.91 Å². The van der Waals surface area contributed by atoms with Gasteiger partial charge in [-0.05, 0) is 55.7 Å². The highest BCUT2D eigenvalue weighted by Crippen LogP contribution is 2.20. The van der Waals surface area contributed by atoms with E-state index in [2.05, 4.69) is 16.0 Å². The summed E-state index contributed by atoms with van der Waals surface area (Å²) in [6.45, 7) is 1.81. The lowest BCUT2D eigenvalue weighted by Gasteiger charge is -2.15. The SMILES string of the molecule is C[C@H](NC(=O)Nc1cccc(C(=O)NC2CC2)c1)c1ccc(F)cc1. The Balaban J connectivity index is 1.58. The van der Waals surface area contributed by atoms with Gasteiger partial charge in [-0.2, -0.15) is 0 Å². The number of anilines is 1. The van der Waals surface area contributed by atoms with Crippen molar-refractivity contribution < 1.29 is 14.0 Å². The molecule has 1 aliphatic carbocycles. The van der Waals surface area contributed by atoms with E-state index in [9.17, 15) is 14.0 Å². The van der Waals surface area contributed by atoms with Crippen LogP contribution in [0.25, 0.3) is 0 Å². The van der Waals surface area contributed by atoms with Gasteiger partial charge in [0.15, 0.2) is 0 Å². The molecule has 3 N–H and O–H groups in total. The minimum Gasteiger partial charge on any atom is -0.349 e. The van der Waals surface area contributed by atoms with Gasteiger partial charge in [0.1, 0.15) is 5.82 Å². The van der Waals surface area contributed by atoms with Crippen LogP contribution < -0.4 is 16.0 Å². The Bertz CT molecular complexity index is 772. The summed E-state index contributed by atoms with van der Waals surface area (Å²) >= 11 is 0. The van der Waals surface area contributed by atoms with Gasteiger partial charge < -0.3 is 16.0 Å². The van der Waals surface area contributed by atoms with E-state index < -0.39 is 6.03 Å². The van der Waals surface area contributed by atoms with Crippen LogP contribution >= 0.6 is 0 Å². The minimum absolute atomic E-state index is 0.133. The quantitative estimate of drug-likeness (QED) is 0.778. The van der Waals surface area contributed by atoms with Crippen LogP contribution in [-0.2, 0) is 0 Å². The van der Waals surface area contributed by atoms with Crippen molar-refractivity contribution in [1.29, 1.82) is 0 Å². The molecule has 130 valence electrons. The van der Waals surface area contributed by atoms with E-state index in [-0.39, 0.29) is 23.8 Å². The van der Waals surface area contributed by atoms with Crippen LogP contribution in [0, 0.1) is 5.82 Å². The first-order chi connectivity index (χ1) is 12.0. The second-order valence-corrected chi connectivity index (χ2v) is 6.20. The minimum atomic E-state index is -0.392. The zero-order chi connectivity index (χ0) is 17.8. The van der Waals surface area contributed by atoms with Crippen molar-refractivity contribution in [3.63, 3.8) is 0 Å². The van der Waals surface area contributed by atoms with Crippen molar-refractivity contribution >= 4 is 17.6 Å². The van der Waals surface area contributed by atoms with Gasteiger partial charge in [-0.1, -0.05) is 18.2 Å². The van der Waals surface area contributed by atoms with Crippen molar-refractivity contribution in [2.75, 3.05) is 5.32 Å². The van der Waals surface area contributed by atoms with Crippen LogP contribution in [0.3, 0.4) is 0 Å². The molecule has 1 fully saturated rings. The zero-order valence-electron chi connectivity index (χ0n) is 13.9. The van der Waals surface area contributed by atoms with Crippen LogP contribution in [-0.4, -0.2) is 18.0 Å². The summed E-state index contributed by atoms with van der Waals surface area (Å²) in [6, 6.07) is 12.4. The predicted octanol–water partition coefficient (Wildman–Crippen LogP) is 3.60. The number of carbonyl (C=O) groups excluding carboxylic acids is 2. The Labute approximate surface area is 145 Å². The molecular weight excluding hydrogens is 321 g/mol. The summed E-state index contributed by atoms with van der Waals surface area (Å²) in [4.78, 5) is 24.2. The summed E-state index contributed by atoms with van der Waals surface area (Å²) < 4.78 is 13.0. The third-order valence-corrected chi connectivity index (χ3v) is 4.01. The maximum atomic E-state index is 13.0. The summed E-state index contributed by atoms with van der Waals surface area (Å²) in [5.41, 5.74) is 1.85. The van der Waals surface area contributed by atoms with Crippen molar-refractivity contribution in [1.82, 2.24) is 10.6 Å². The molecule has 0 heterocycles. The molecule has 1 aliphatic rings. The summed E-state index contributed by atoms with van der Waals surface area (Å²) in [7, 11) is 0. The largest absolute Gasteiger partial charge is 0.349 e. The average Bonchev–Trinajstić information content (AvgIpc) is 3.39. The van der Waals surface area contributed by atoms with Gasteiger partial charge in [0, 0.05) is 17.3 Å². The second-order valence-electron chi connectivity index (χ2n) is 6.20.